The monoisotopic (exact) mass is 563 g/mol. The Hall–Kier alpha value is -3.16. The number of benzene rings is 3. The van der Waals surface area contributed by atoms with E-state index in [2.05, 4.69) is 96.5 Å². The Labute approximate surface area is 207 Å². The minimum Gasteiger partial charge on any atom is -0.450 e. The van der Waals surface area contributed by atoms with Gasteiger partial charge >= 0.3 is 5.91 Å². The highest BCUT2D eigenvalue weighted by molar-refractivity contribution is 9.11. The Morgan fingerprint density at radius 1 is 1.09 bits per heavy atom. The summed E-state index contributed by atoms with van der Waals surface area (Å²) in [6.07, 6.45) is 3.72. The van der Waals surface area contributed by atoms with Crippen LogP contribution in [0.5, 0.6) is 0 Å². The van der Waals surface area contributed by atoms with Crippen LogP contribution < -0.4 is 5.43 Å². The Morgan fingerprint density at radius 3 is 2.79 bits per heavy atom. The smallest absolute Gasteiger partial charge is 0.307 e. The van der Waals surface area contributed by atoms with E-state index in [1.807, 2.05) is 24.3 Å². The first-order valence-electron chi connectivity index (χ1n) is 10.3. The van der Waals surface area contributed by atoms with Gasteiger partial charge in [-0.15, -0.1) is 0 Å². The maximum absolute atomic E-state index is 12.6. The number of aryl methyl sites for hydroxylation is 1. The van der Waals surface area contributed by atoms with Crippen LogP contribution in [0, 0.1) is 6.92 Å². The third-order valence-corrected chi connectivity index (χ3v) is 6.43. The molecular formula is C26H19Br2N3O2. The van der Waals surface area contributed by atoms with E-state index >= 15 is 0 Å². The van der Waals surface area contributed by atoms with Gasteiger partial charge < -0.3 is 8.98 Å². The van der Waals surface area contributed by atoms with Crippen LogP contribution in [0.4, 0.5) is 0 Å². The summed E-state index contributed by atoms with van der Waals surface area (Å²) in [5, 5.41) is 6.09. The van der Waals surface area contributed by atoms with Gasteiger partial charge in [-0.25, -0.2) is 5.43 Å². The number of para-hydroxylation sites is 1. The lowest BCUT2D eigenvalue weighted by Crippen LogP contribution is -2.16. The molecule has 164 valence electrons. The topological polar surface area (TPSA) is 59.5 Å². The Balaban J connectivity index is 1.38. The third kappa shape index (κ3) is 4.51. The highest BCUT2D eigenvalue weighted by Crippen LogP contribution is 2.31. The standard InChI is InChI=1S/C26H19Br2N3O2/c1-16-5-4-6-17(9-16)14-31-15-19(21-7-2-3-8-23(21)31)13-29-30-26(32)24-11-18-10-20(27)12-22(28)25(18)33-24/h2-13,15H,14H2,1H3,(H,30,32)/b29-13-. The first-order chi connectivity index (χ1) is 16.0. The molecule has 3 aromatic carbocycles. The van der Waals surface area contributed by atoms with Crippen LogP contribution in [0.25, 0.3) is 21.9 Å². The maximum Gasteiger partial charge on any atom is 0.307 e. The van der Waals surface area contributed by atoms with Crippen molar-refractivity contribution in [2.24, 2.45) is 5.10 Å². The molecule has 0 bridgehead atoms. The molecule has 2 aromatic heterocycles. The van der Waals surface area contributed by atoms with Gasteiger partial charge in [0.2, 0.25) is 0 Å². The van der Waals surface area contributed by atoms with Crippen molar-refractivity contribution < 1.29 is 9.21 Å². The molecule has 5 nitrogen and oxygen atoms in total. The first-order valence-corrected chi connectivity index (χ1v) is 11.9. The van der Waals surface area contributed by atoms with Gasteiger partial charge in [-0.05, 0) is 52.7 Å². The van der Waals surface area contributed by atoms with Crippen LogP contribution in [0.15, 0.2) is 91.4 Å². The number of rotatable bonds is 5. The molecule has 5 aromatic rings. The van der Waals surface area contributed by atoms with Crippen molar-refractivity contribution in [2.75, 3.05) is 0 Å². The number of halogens is 2. The molecule has 0 aliphatic heterocycles. The summed E-state index contributed by atoms with van der Waals surface area (Å²) in [5.41, 5.74) is 7.69. The summed E-state index contributed by atoms with van der Waals surface area (Å²) in [5.74, 6) is -0.211. The van der Waals surface area contributed by atoms with Crippen LogP contribution in [0.2, 0.25) is 0 Å². The molecule has 0 aliphatic carbocycles. The second-order valence-corrected chi connectivity index (χ2v) is 9.60. The van der Waals surface area contributed by atoms with Gasteiger partial charge in [0.25, 0.3) is 0 Å². The number of amides is 1. The lowest BCUT2D eigenvalue weighted by Gasteiger charge is -2.06. The lowest BCUT2D eigenvalue weighted by molar-refractivity contribution is 0.0929. The SMILES string of the molecule is Cc1cccc(Cn2cc(/C=N\NC(=O)c3cc4cc(Br)cc(Br)c4o3)c3ccccc32)c1. The Morgan fingerprint density at radius 2 is 1.94 bits per heavy atom. The van der Waals surface area contributed by atoms with Gasteiger partial charge in [-0.1, -0.05) is 64.0 Å². The minimum atomic E-state index is -0.408. The number of nitrogens with zero attached hydrogens (tertiary/aromatic N) is 2. The normalized spacial score (nSPS) is 11.6. The number of furan rings is 1. The number of fused-ring (bicyclic) bond motifs is 2. The van der Waals surface area contributed by atoms with Crippen molar-refractivity contribution >= 4 is 65.9 Å². The van der Waals surface area contributed by atoms with Crippen LogP contribution in [0.1, 0.15) is 27.2 Å². The second kappa shape index (κ2) is 9.00. The van der Waals surface area contributed by atoms with Gasteiger partial charge in [0.05, 0.1) is 10.7 Å². The summed E-state index contributed by atoms with van der Waals surface area (Å²) < 4.78 is 9.58. The molecule has 0 atom stereocenters. The molecule has 5 rings (SSSR count). The van der Waals surface area contributed by atoms with Crippen LogP contribution in [-0.2, 0) is 6.54 Å². The summed E-state index contributed by atoms with van der Waals surface area (Å²) >= 11 is 6.90. The van der Waals surface area contributed by atoms with E-state index in [4.69, 9.17) is 4.42 Å². The fourth-order valence-electron chi connectivity index (χ4n) is 3.92. The summed E-state index contributed by atoms with van der Waals surface area (Å²) in [7, 11) is 0. The van der Waals surface area contributed by atoms with Crippen LogP contribution >= 0.6 is 31.9 Å². The zero-order chi connectivity index (χ0) is 22.9. The molecule has 33 heavy (non-hydrogen) atoms. The molecule has 0 aliphatic rings. The van der Waals surface area contributed by atoms with Gasteiger partial charge in [0.1, 0.15) is 5.58 Å². The van der Waals surface area contributed by atoms with Gasteiger partial charge in [-0.3, -0.25) is 4.79 Å². The number of hydrazone groups is 1. The molecule has 0 unspecified atom stereocenters. The molecule has 0 spiro atoms. The fraction of sp³-hybridized carbons (Fsp3) is 0.0769. The summed E-state index contributed by atoms with van der Waals surface area (Å²) in [6, 6.07) is 22.1. The molecule has 7 heteroatoms. The minimum absolute atomic E-state index is 0.197. The average molecular weight is 565 g/mol. The molecular weight excluding hydrogens is 546 g/mol. The fourth-order valence-corrected chi connectivity index (χ4v) is 5.26. The molecule has 0 saturated carbocycles. The number of nitrogens with one attached hydrogen (secondary N) is 1. The summed E-state index contributed by atoms with van der Waals surface area (Å²) in [6.45, 7) is 2.85. The zero-order valence-corrected chi connectivity index (χ0v) is 20.9. The molecule has 1 N–H and O–H groups in total. The molecule has 0 radical (unpaired) electrons. The number of aromatic nitrogens is 1. The first kappa shape index (κ1) is 21.7. The second-order valence-electron chi connectivity index (χ2n) is 7.83. The lowest BCUT2D eigenvalue weighted by atomic mass is 10.1. The quantitative estimate of drug-likeness (QED) is 0.184. The van der Waals surface area contributed by atoms with Gasteiger partial charge in [0.15, 0.2) is 5.76 Å². The van der Waals surface area contributed by atoms with Crippen molar-refractivity contribution in [1.82, 2.24) is 9.99 Å². The van der Waals surface area contributed by atoms with E-state index in [-0.39, 0.29) is 5.76 Å². The van der Waals surface area contributed by atoms with E-state index in [0.29, 0.717) is 5.58 Å². The Kier molecular flexibility index (Phi) is 5.91. The maximum atomic E-state index is 12.6. The van der Waals surface area contributed by atoms with E-state index in [0.717, 1.165) is 37.3 Å². The van der Waals surface area contributed by atoms with Crippen molar-refractivity contribution in [3.05, 3.63) is 104 Å². The average Bonchev–Trinajstić information content (AvgIpc) is 3.36. The van der Waals surface area contributed by atoms with Crippen LogP contribution in [0.3, 0.4) is 0 Å². The van der Waals surface area contributed by atoms with Crippen molar-refractivity contribution in [1.29, 1.82) is 0 Å². The predicted molar refractivity (Wildman–Crippen MR) is 139 cm³/mol. The highest BCUT2D eigenvalue weighted by atomic mass is 79.9. The van der Waals surface area contributed by atoms with Gasteiger partial charge in [-0.2, -0.15) is 5.10 Å². The van der Waals surface area contributed by atoms with Crippen molar-refractivity contribution in [3.63, 3.8) is 0 Å². The molecule has 0 saturated heterocycles. The molecule has 2 heterocycles. The molecule has 1 amide bonds. The van der Waals surface area contributed by atoms with Crippen LogP contribution in [-0.4, -0.2) is 16.7 Å². The number of hydrogen-bond acceptors (Lipinski definition) is 3. The van der Waals surface area contributed by atoms with E-state index in [1.54, 1.807) is 12.3 Å². The largest absolute Gasteiger partial charge is 0.450 e. The van der Waals surface area contributed by atoms with Crippen molar-refractivity contribution in [2.45, 2.75) is 13.5 Å². The number of carbonyl (C=O) groups is 1. The Bertz CT molecular complexity index is 1530. The number of carbonyl (C=O) groups excluding carboxylic acids is 1. The van der Waals surface area contributed by atoms with E-state index in [1.165, 1.54) is 11.1 Å². The molecule has 0 fully saturated rings. The summed E-state index contributed by atoms with van der Waals surface area (Å²) in [4.78, 5) is 12.6. The highest BCUT2D eigenvalue weighted by Gasteiger charge is 2.14. The van der Waals surface area contributed by atoms with E-state index < -0.39 is 5.91 Å². The predicted octanol–water partition coefficient (Wildman–Crippen LogP) is 7.03. The van der Waals surface area contributed by atoms with Gasteiger partial charge in [0, 0.05) is 39.1 Å². The number of hydrogen-bond donors (Lipinski definition) is 1. The van der Waals surface area contributed by atoms with Crippen molar-refractivity contribution in [3.8, 4) is 0 Å². The zero-order valence-electron chi connectivity index (χ0n) is 17.7. The third-order valence-electron chi connectivity index (χ3n) is 5.38. The van der Waals surface area contributed by atoms with E-state index in [9.17, 15) is 4.79 Å².